The van der Waals surface area contributed by atoms with Gasteiger partial charge in [-0.3, -0.25) is 9.08 Å². The van der Waals surface area contributed by atoms with E-state index in [-0.39, 0.29) is 12.0 Å². The summed E-state index contributed by atoms with van der Waals surface area (Å²) in [6.45, 7) is 7.18. The molecule has 2 rings (SSSR count). The van der Waals surface area contributed by atoms with Gasteiger partial charge >= 0.3 is 6.09 Å². The van der Waals surface area contributed by atoms with Gasteiger partial charge in [-0.25, -0.2) is 4.79 Å². The topological polar surface area (TPSA) is 87.2 Å². The molecule has 1 saturated carbocycles. The largest absolute Gasteiger partial charge is 0.465 e. The van der Waals surface area contributed by atoms with Crippen LogP contribution in [0.4, 0.5) is 4.79 Å². The first-order valence-electron chi connectivity index (χ1n) is 8.65. The highest BCUT2D eigenvalue weighted by Crippen LogP contribution is 2.40. The van der Waals surface area contributed by atoms with Crippen molar-refractivity contribution < 1.29 is 22.5 Å². The van der Waals surface area contributed by atoms with Crippen molar-refractivity contribution in [3.63, 3.8) is 0 Å². The molecule has 8 heteroatoms. The quantitative estimate of drug-likeness (QED) is 0.751. The summed E-state index contributed by atoms with van der Waals surface area (Å²) in [7, 11) is -3.40. The molecule has 24 heavy (non-hydrogen) atoms. The predicted molar refractivity (Wildman–Crippen MR) is 91.5 cm³/mol. The summed E-state index contributed by atoms with van der Waals surface area (Å²) < 4.78 is 27.5. The number of hydrogen-bond donors (Lipinski definition) is 1. The zero-order chi connectivity index (χ0) is 18.0. The van der Waals surface area contributed by atoms with Crippen molar-refractivity contribution >= 4 is 16.2 Å². The molecule has 0 aromatic carbocycles. The van der Waals surface area contributed by atoms with E-state index in [9.17, 15) is 13.2 Å². The number of rotatable bonds is 5. The number of nitrogens with zero attached hydrogens (tertiary/aromatic N) is 2. The maximum Gasteiger partial charge on any atom is 0.407 e. The number of piperazine rings is 1. The molecule has 7 nitrogen and oxygen atoms in total. The highest BCUT2D eigenvalue weighted by Gasteiger charge is 2.36. The molecule has 1 heterocycles. The number of hydrogen-bond acceptors (Lipinski definition) is 5. The van der Waals surface area contributed by atoms with Crippen LogP contribution in [0.2, 0.25) is 0 Å². The lowest BCUT2D eigenvalue weighted by atomic mass is 9.70. The van der Waals surface area contributed by atoms with Crippen LogP contribution >= 0.6 is 0 Å². The van der Waals surface area contributed by atoms with Crippen molar-refractivity contribution in [1.82, 2.24) is 9.80 Å². The molecular formula is C16H30N2O5S. The number of carboxylic acid groups (broad SMARTS) is 1. The molecule has 0 bridgehead atoms. The van der Waals surface area contributed by atoms with Crippen molar-refractivity contribution in [2.24, 2.45) is 11.3 Å². The van der Waals surface area contributed by atoms with E-state index >= 15 is 0 Å². The Balaban J connectivity index is 1.80. The summed E-state index contributed by atoms with van der Waals surface area (Å²) in [5, 5.41) is 9.02. The Morgan fingerprint density at radius 2 is 1.67 bits per heavy atom. The van der Waals surface area contributed by atoms with Gasteiger partial charge in [0.2, 0.25) is 0 Å². The van der Waals surface area contributed by atoms with Crippen molar-refractivity contribution in [3.05, 3.63) is 0 Å². The normalized spacial score (nSPS) is 27.2. The van der Waals surface area contributed by atoms with E-state index in [4.69, 9.17) is 9.29 Å². The lowest BCUT2D eigenvalue weighted by molar-refractivity contribution is 0.0369. The minimum Gasteiger partial charge on any atom is -0.465 e. The fraction of sp³-hybridized carbons (Fsp3) is 0.938. The zero-order valence-electron chi connectivity index (χ0n) is 14.9. The van der Waals surface area contributed by atoms with E-state index in [2.05, 4.69) is 18.7 Å². The van der Waals surface area contributed by atoms with Gasteiger partial charge < -0.3 is 10.0 Å². The van der Waals surface area contributed by atoms with Gasteiger partial charge in [0.05, 0.1) is 12.9 Å². The molecule has 0 radical (unpaired) electrons. The van der Waals surface area contributed by atoms with Crippen molar-refractivity contribution in [2.75, 3.05) is 39.0 Å². The minimum absolute atomic E-state index is 0.157. The third-order valence-corrected chi connectivity index (χ3v) is 6.09. The third kappa shape index (κ3) is 5.32. The average molecular weight is 362 g/mol. The van der Waals surface area contributed by atoms with E-state index in [1.54, 1.807) is 0 Å². The summed E-state index contributed by atoms with van der Waals surface area (Å²) >= 11 is 0. The molecule has 0 atom stereocenters. The molecule has 1 saturated heterocycles. The maximum absolute atomic E-state index is 11.2. The van der Waals surface area contributed by atoms with E-state index in [1.165, 1.54) is 4.90 Å². The molecule has 2 aliphatic rings. The SMILES string of the molecule is CC(C)(COS(C)(=O)=O)[C@H]1CC[C@H](N2CCN(C(=O)O)CC2)CC1. The van der Waals surface area contributed by atoms with E-state index < -0.39 is 16.2 Å². The van der Waals surface area contributed by atoms with Gasteiger partial charge in [0, 0.05) is 32.2 Å². The highest BCUT2D eigenvalue weighted by atomic mass is 32.2. The summed E-state index contributed by atoms with van der Waals surface area (Å²) in [6, 6.07) is 0.517. The molecule has 140 valence electrons. The van der Waals surface area contributed by atoms with Gasteiger partial charge in [-0.05, 0) is 37.0 Å². The van der Waals surface area contributed by atoms with Crippen LogP contribution in [0.25, 0.3) is 0 Å². The van der Waals surface area contributed by atoms with Crippen LogP contribution in [0, 0.1) is 11.3 Å². The smallest absolute Gasteiger partial charge is 0.407 e. The van der Waals surface area contributed by atoms with Gasteiger partial charge in [-0.15, -0.1) is 0 Å². The molecule has 1 aliphatic heterocycles. The van der Waals surface area contributed by atoms with Crippen LogP contribution in [0.3, 0.4) is 0 Å². The second kappa shape index (κ2) is 7.58. The number of carbonyl (C=O) groups is 1. The van der Waals surface area contributed by atoms with Crippen LogP contribution < -0.4 is 0 Å². The van der Waals surface area contributed by atoms with Gasteiger partial charge in [-0.2, -0.15) is 8.42 Å². The Morgan fingerprint density at radius 3 is 2.12 bits per heavy atom. The van der Waals surface area contributed by atoms with Crippen molar-refractivity contribution in [2.45, 2.75) is 45.6 Å². The van der Waals surface area contributed by atoms with Gasteiger partial charge in [0.15, 0.2) is 0 Å². The molecule has 1 amide bonds. The van der Waals surface area contributed by atoms with Crippen LogP contribution in [0.15, 0.2) is 0 Å². The molecule has 0 aromatic heterocycles. The summed E-state index contributed by atoms with van der Waals surface area (Å²) in [5.74, 6) is 0.454. The molecular weight excluding hydrogens is 332 g/mol. The first kappa shape index (κ1) is 19.5. The summed E-state index contributed by atoms with van der Waals surface area (Å²) in [5.41, 5.74) is -0.157. The van der Waals surface area contributed by atoms with Crippen LogP contribution in [-0.2, 0) is 14.3 Å². The fourth-order valence-electron chi connectivity index (χ4n) is 3.88. The second-order valence-electron chi connectivity index (χ2n) is 7.77. The van der Waals surface area contributed by atoms with E-state index in [0.717, 1.165) is 45.0 Å². The van der Waals surface area contributed by atoms with Crippen molar-refractivity contribution in [3.8, 4) is 0 Å². The summed E-state index contributed by atoms with van der Waals surface area (Å²) in [4.78, 5) is 14.9. The number of amides is 1. The predicted octanol–water partition coefficient (Wildman–Crippen LogP) is 1.84. The van der Waals surface area contributed by atoms with Crippen LogP contribution in [0.5, 0.6) is 0 Å². The maximum atomic E-state index is 11.2. The minimum atomic E-state index is -3.40. The summed E-state index contributed by atoms with van der Waals surface area (Å²) in [6.07, 6.45) is 4.55. The zero-order valence-corrected chi connectivity index (χ0v) is 15.7. The first-order valence-corrected chi connectivity index (χ1v) is 10.5. The van der Waals surface area contributed by atoms with Gasteiger partial charge in [0.25, 0.3) is 10.1 Å². The molecule has 0 unspecified atom stereocenters. The lowest BCUT2D eigenvalue weighted by Gasteiger charge is -2.44. The van der Waals surface area contributed by atoms with Gasteiger partial charge in [-0.1, -0.05) is 13.8 Å². The van der Waals surface area contributed by atoms with Crippen molar-refractivity contribution in [1.29, 1.82) is 0 Å². The molecule has 0 aromatic rings. The van der Waals surface area contributed by atoms with Gasteiger partial charge in [0.1, 0.15) is 0 Å². The van der Waals surface area contributed by atoms with E-state index in [1.807, 2.05) is 0 Å². The Hall–Kier alpha value is -0.860. The highest BCUT2D eigenvalue weighted by molar-refractivity contribution is 7.85. The standard InChI is InChI=1S/C16H30N2O5S/c1-16(2,12-23-24(3,21)22)13-4-6-14(7-5-13)17-8-10-18(11-9-17)15(19)20/h13-14H,4-12H2,1-3H3,(H,19,20)/t13-,14-. The average Bonchev–Trinajstić information content (AvgIpc) is 2.53. The van der Waals surface area contributed by atoms with Crippen LogP contribution in [-0.4, -0.2) is 74.5 Å². The molecule has 2 fully saturated rings. The Morgan fingerprint density at radius 1 is 1.12 bits per heavy atom. The molecule has 0 spiro atoms. The molecule has 1 N–H and O–H groups in total. The second-order valence-corrected chi connectivity index (χ2v) is 9.41. The third-order valence-electron chi connectivity index (χ3n) is 5.55. The Labute approximate surface area is 145 Å². The Kier molecular flexibility index (Phi) is 6.14. The Bertz CT molecular complexity index is 533. The molecule has 1 aliphatic carbocycles. The van der Waals surface area contributed by atoms with E-state index in [0.29, 0.717) is 25.0 Å². The first-order chi connectivity index (χ1) is 11.1. The lowest BCUT2D eigenvalue weighted by Crippen LogP contribution is -2.52. The van der Waals surface area contributed by atoms with Crippen LogP contribution in [0.1, 0.15) is 39.5 Å². The fourth-order valence-corrected chi connectivity index (χ4v) is 4.40. The monoisotopic (exact) mass is 362 g/mol.